The molecule has 5 heteroatoms. The van der Waals surface area contributed by atoms with Crippen molar-refractivity contribution in [1.82, 2.24) is 0 Å². The highest BCUT2D eigenvalue weighted by Crippen LogP contribution is 2.33. The third kappa shape index (κ3) is 2.47. The molecule has 0 saturated carbocycles. The summed E-state index contributed by atoms with van der Waals surface area (Å²) < 4.78 is 6.68. The highest BCUT2D eigenvalue weighted by atomic mass is 79.9. The highest BCUT2D eigenvalue weighted by Gasteiger charge is 2.18. The number of nitrogens with two attached hydrogens (primary N) is 1. The Kier molecular flexibility index (Phi) is 3.78. The molecule has 1 unspecified atom stereocenters. The number of furan rings is 1. The van der Waals surface area contributed by atoms with Crippen LogP contribution >= 0.6 is 39.1 Å². The van der Waals surface area contributed by atoms with E-state index in [9.17, 15) is 0 Å². The summed E-state index contributed by atoms with van der Waals surface area (Å²) in [7, 11) is 0. The number of halogens is 3. The molecule has 0 aliphatic carbocycles. The van der Waals surface area contributed by atoms with Gasteiger partial charge in [0.1, 0.15) is 11.3 Å². The number of rotatable bonds is 2. The van der Waals surface area contributed by atoms with Crippen LogP contribution in [0.25, 0.3) is 11.0 Å². The van der Waals surface area contributed by atoms with Crippen LogP contribution in [-0.4, -0.2) is 0 Å². The van der Waals surface area contributed by atoms with Gasteiger partial charge < -0.3 is 10.2 Å². The molecule has 0 radical (unpaired) electrons. The maximum Gasteiger partial charge on any atom is 0.135 e. The van der Waals surface area contributed by atoms with Crippen LogP contribution < -0.4 is 5.73 Å². The molecule has 0 fully saturated rings. The normalized spacial score (nSPS) is 12.8. The fraction of sp³-hybridized carbons (Fsp3) is 0.0667. The van der Waals surface area contributed by atoms with Gasteiger partial charge in [0.05, 0.1) is 11.1 Å². The second-order valence-corrected chi connectivity index (χ2v) is 6.17. The van der Waals surface area contributed by atoms with Gasteiger partial charge in [0.25, 0.3) is 0 Å². The number of benzene rings is 2. The van der Waals surface area contributed by atoms with E-state index in [2.05, 4.69) is 15.9 Å². The van der Waals surface area contributed by atoms with Gasteiger partial charge in [-0.3, -0.25) is 0 Å². The SMILES string of the molecule is NC(c1cc2c(Cl)cccc2o1)c1ccc(Br)cc1Cl. The third-order valence-electron chi connectivity index (χ3n) is 3.13. The molecule has 0 amide bonds. The van der Waals surface area contributed by atoms with Crippen molar-refractivity contribution >= 4 is 50.1 Å². The Labute approximate surface area is 134 Å². The van der Waals surface area contributed by atoms with E-state index < -0.39 is 6.04 Å². The molecule has 1 atom stereocenters. The minimum absolute atomic E-state index is 0.431. The maximum absolute atomic E-state index is 6.24. The largest absolute Gasteiger partial charge is 0.459 e. The van der Waals surface area contributed by atoms with Crippen molar-refractivity contribution in [3.63, 3.8) is 0 Å². The van der Waals surface area contributed by atoms with Gasteiger partial charge in [-0.05, 0) is 35.9 Å². The molecule has 1 heterocycles. The topological polar surface area (TPSA) is 39.2 Å². The third-order valence-corrected chi connectivity index (χ3v) is 4.28. The first-order chi connectivity index (χ1) is 9.56. The van der Waals surface area contributed by atoms with Gasteiger partial charge >= 0.3 is 0 Å². The first-order valence-electron chi connectivity index (χ1n) is 5.95. The lowest BCUT2D eigenvalue weighted by Gasteiger charge is -2.11. The van der Waals surface area contributed by atoms with E-state index in [0.717, 1.165) is 21.0 Å². The molecule has 0 aliphatic heterocycles. The van der Waals surface area contributed by atoms with Crippen LogP contribution in [0.4, 0.5) is 0 Å². The molecule has 3 rings (SSSR count). The van der Waals surface area contributed by atoms with Crippen LogP contribution in [0.3, 0.4) is 0 Å². The second kappa shape index (κ2) is 5.41. The zero-order valence-corrected chi connectivity index (χ0v) is 13.3. The van der Waals surface area contributed by atoms with E-state index in [1.165, 1.54) is 0 Å². The van der Waals surface area contributed by atoms with Crippen LogP contribution in [-0.2, 0) is 0 Å². The Bertz CT molecular complexity index is 785. The minimum Gasteiger partial charge on any atom is -0.459 e. The van der Waals surface area contributed by atoms with Gasteiger partial charge in [-0.1, -0.05) is 51.3 Å². The van der Waals surface area contributed by atoms with Crippen LogP contribution in [0.5, 0.6) is 0 Å². The van der Waals surface area contributed by atoms with Crippen molar-refractivity contribution in [3.05, 3.63) is 68.3 Å². The summed E-state index contributed by atoms with van der Waals surface area (Å²) in [6, 6.07) is 12.5. The van der Waals surface area contributed by atoms with E-state index in [1.54, 1.807) is 0 Å². The predicted molar refractivity (Wildman–Crippen MR) is 86.4 cm³/mol. The standard InChI is InChI=1S/C15H10BrCl2NO/c16-8-4-5-9(12(18)6-8)15(19)14-7-10-11(17)2-1-3-13(10)20-14/h1-7,15H,19H2. The molecule has 0 aliphatic rings. The van der Waals surface area contributed by atoms with Gasteiger partial charge in [0.15, 0.2) is 0 Å². The van der Waals surface area contributed by atoms with E-state index in [0.29, 0.717) is 15.8 Å². The molecule has 3 aromatic rings. The first-order valence-corrected chi connectivity index (χ1v) is 7.49. The summed E-state index contributed by atoms with van der Waals surface area (Å²) in [4.78, 5) is 0. The lowest BCUT2D eigenvalue weighted by molar-refractivity contribution is 0.525. The Hall–Kier alpha value is -1.000. The summed E-state index contributed by atoms with van der Waals surface area (Å²) in [5.41, 5.74) is 7.77. The highest BCUT2D eigenvalue weighted by molar-refractivity contribution is 9.10. The van der Waals surface area contributed by atoms with Crippen molar-refractivity contribution in [2.75, 3.05) is 0 Å². The molecule has 1 aromatic heterocycles. The molecular formula is C15H10BrCl2NO. The molecule has 0 spiro atoms. The molecule has 2 nitrogen and oxygen atoms in total. The van der Waals surface area contributed by atoms with Crippen LogP contribution in [0.1, 0.15) is 17.4 Å². The number of hydrogen-bond donors (Lipinski definition) is 1. The van der Waals surface area contributed by atoms with Crippen LogP contribution in [0.15, 0.2) is 51.4 Å². The zero-order chi connectivity index (χ0) is 14.3. The quantitative estimate of drug-likeness (QED) is 0.642. The van der Waals surface area contributed by atoms with Crippen molar-refractivity contribution in [1.29, 1.82) is 0 Å². The summed E-state index contributed by atoms with van der Waals surface area (Å²) in [5, 5.41) is 2.10. The molecular weight excluding hydrogens is 361 g/mol. The van der Waals surface area contributed by atoms with E-state index in [-0.39, 0.29) is 0 Å². The minimum atomic E-state index is -0.431. The maximum atomic E-state index is 6.24. The van der Waals surface area contributed by atoms with E-state index >= 15 is 0 Å². The molecule has 2 aromatic carbocycles. The van der Waals surface area contributed by atoms with Gasteiger partial charge in [-0.15, -0.1) is 0 Å². The van der Waals surface area contributed by atoms with Crippen LogP contribution in [0, 0.1) is 0 Å². The Morgan fingerprint density at radius 3 is 2.55 bits per heavy atom. The molecule has 102 valence electrons. The average molecular weight is 371 g/mol. The summed E-state index contributed by atoms with van der Waals surface area (Å²) in [6.45, 7) is 0. The summed E-state index contributed by atoms with van der Waals surface area (Å²) >= 11 is 15.7. The van der Waals surface area contributed by atoms with Crippen molar-refractivity contribution in [3.8, 4) is 0 Å². The fourth-order valence-corrected chi connectivity index (χ4v) is 3.12. The predicted octanol–water partition coefficient (Wildman–Crippen LogP) is 5.55. The lowest BCUT2D eigenvalue weighted by Crippen LogP contribution is -2.11. The van der Waals surface area contributed by atoms with E-state index in [1.807, 2.05) is 42.5 Å². The molecule has 0 saturated heterocycles. The fourth-order valence-electron chi connectivity index (χ4n) is 2.11. The van der Waals surface area contributed by atoms with Crippen LogP contribution in [0.2, 0.25) is 10.0 Å². The Balaban J connectivity index is 2.08. The van der Waals surface area contributed by atoms with Crippen molar-refractivity contribution in [2.24, 2.45) is 5.73 Å². The zero-order valence-electron chi connectivity index (χ0n) is 10.2. The molecule has 0 bridgehead atoms. The number of hydrogen-bond acceptors (Lipinski definition) is 2. The van der Waals surface area contributed by atoms with E-state index in [4.69, 9.17) is 33.4 Å². The monoisotopic (exact) mass is 369 g/mol. The van der Waals surface area contributed by atoms with Crippen molar-refractivity contribution in [2.45, 2.75) is 6.04 Å². The van der Waals surface area contributed by atoms with Gasteiger partial charge in [-0.2, -0.15) is 0 Å². The smallest absolute Gasteiger partial charge is 0.135 e. The molecule has 20 heavy (non-hydrogen) atoms. The average Bonchev–Trinajstić information content (AvgIpc) is 2.83. The summed E-state index contributed by atoms with van der Waals surface area (Å²) in [6.07, 6.45) is 0. The first kappa shape index (κ1) is 14.0. The Morgan fingerprint density at radius 2 is 1.85 bits per heavy atom. The molecule has 2 N–H and O–H groups in total. The number of fused-ring (bicyclic) bond motifs is 1. The second-order valence-electron chi connectivity index (χ2n) is 4.44. The lowest BCUT2D eigenvalue weighted by atomic mass is 10.1. The van der Waals surface area contributed by atoms with Gasteiger partial charge in [0, 0.05) is 14.9 Å². The van der Waals surface area contributed by atoms with Gasteiger partial charge in [-0.25, -0.2) is 0 Å². The van der Waals surface area contributed by atoms with Crippen molar-refractivity contribution < 1.29 is 4.42 Å². The summed E-state index contributed by atoms with van der Waals surface area (Å²) in [5.74, 6) is 0.636. The van der Waals surface area contributed by atoms with Gasteiger partial charge in [0.2, 0.25) is 0 Å². The Morgan fingerprint density at radius 1 is 1.05 bits per heavy atom.